The van der Waals surface area contributed by atoms with Gasteiger partial charge >= 0.3 is 0 Å². The molecule has 1 heterocycles. The molecule has 1 aromatic heterocycles. The van der Waals surface area contributed by atoms with Gasteiger partial charge in [-0.2, -0.15) is 5.10 Å². The van der Waals surface area contributed by atoms with Crippen molar-refractivity contribution < 1.29 is 22.4 Å². The van der Waals surface area contributed by atoms with Crippen LogP contribution in [0.25, 0.3) is 5.69 Å². The van der Waals surface area contributed by atoms with Crippen molar-refractivity contribution >= 4 is 28.0 Å². The molecule has 0 aliphatic carbocycles. The fraction of sp³-hybridized carbons (Fsp3) is 0.0833. The molecular weight excluding hydrogens is 315 g/mol. The number of sulfone groups is 1. The Kier molecular flexibility index (Phi) is 3.95. The average Bonchev–Trinajstić information content (AvgIpc) is 2.82. The van der Waals surface area contributed by atoms with Crippen LogP contribution in [-0.2, 0) is 14.6 Å². The molecule has 2 amide bonds. The maximum absolute atomic E-state index is 14.1. The van der Waals surface area contributed by atoms with Gasteiger partial charge in [-0.1, -0.05) is 0 Å². The summed E-state index contributed by atoms with van der Waals surface area (Å²) < 4.78 is 37.9. The SMILES string of the molecule is CS(=O)(=O)c1ccc(-n2ncc(C(N)=O)c2NC=O)c(F)c1. The Balaban J connectivity index is 2.62. The lowest BCUT2D eigenvalue weighted by atomic mass is 10.3. The monoisotopic (exact) mass is 326 g/mol. The highest BCUT2D eigenvalue weighted by molar-refractivity contribution is 7.90. The molecule has 0 bridgehead atoms. The van der Waals surface area contributed by atoms with Crippen molar-refractivity contribution in [1.29, 1.82) is 0 Å². The number of nitrogens with two attached hydrogens (primary N) is 1. The van der Waals surface area contributed by atoms with E-state index in [9.17, 15) is 22.4 Å². The Labute approximate surface area is 124 Å². The first-order valence-corrected chi connectivity index (χ1v) is 7.73. The number of benzene rings is 1. The van der Waals surface area contributed by atoms with Crippen LogP contribution in [0.15, 0.2) is 29.3 Å². The molecule has 3 N–H and O–H groups in total. The predicted octanol–water partition coefficient (Wildman–Crippen LogP) is 0.0821. The summed E-state index contributed by atoms with van der Waals surface area (Å²) in [4.78, 5) is 21.7. The van der Waals surface area contributed by atoms with E-state index in [1.54, 1.807) is 0 Å². The molecule has 0 saturated heterocycles. The van der Waals surface area contributed by atoms with Gasteiger partial charge in [-0.3, -0.25) is 9.59 Å². The second-order valence-corrected chi connectivity index (χ2v) is 6.35. The number of hydrogen-bond acceptors (Lipinski definition) is 5. The first-order valence-electron chi connectivity index (χ1n) is 5.83. The summed E-state index contributed by atoms with van der Waals surface area (Å²) >= 11 is 0. The van der Waals surface area contributed by atoms with Gasteiger partial charge in [-0.25, -0.2) is 17.5 Å². The summed E-state index contributed by atoms with van der Waals surface area (Å²) in [6, 6.07) is 3.17. The number of carbonyl (C=O) groups is 2. The van der Waals surface area contributed by atoms with Gasteiger partial charge in [0, 0.05) is 6.26 Å². The van der Waals surface area contributed by atoms with E-state index in [4.69, 9.17) is 5.73 Å². The number of primary amides is 1. The molecule has 0 spiro atoms. The van der Waals surface area contributed by atoms with Gasteiger partial charge in [0.25, 0.3) is 5.91 Å². The van der Waals surface area contributed by atoms with Gasteiger partial charge in [0.1, 0.15) is 22.9 Å². The number of nitrogens with one attached hydrogen (secondary N) is 1. The van der Waals surface area contributed by atoms with E-state index in [1.807, 2.05) is 0 Å². The van der Waals surface area contributed by atoms with Crippen molar-refractivity contribution in [3.63, 3.8) is 0 Å². The molecule has 0 aliphatic heterocycles. The highest BCUT2D eigenvalue weighted by Crippen LogP contribution is 2.23. The highest BCUT2D eigenvalue weighted by atomic mass is 32.2. The predicted molar refractivity (Wildman–Crippen MR) is 74.8 cm³/mol. The summed E-state index contributed by atoms with van der Waals surface area (Å²) in [5.74, 6) is -1.87. The molecule has 10 heteroatoms. The van der Waals surface area contributed by atoms with Crippen molar-refractivity contribution in [2.45, 2.75) is 4.90 Å². The first-order chi connectivity index (χ1) is 10.3. The number of anilines is 1. The van der Waals surface area contributed by atoms with Gasteiger partial charge in [0.05, 0.1) is 11.1 Å². The van der Waals surface area contributed by atoms with E-state index in [0.29, 0.717) is 0 Å². The number of hydrogen-bond donors (Lipinski definition) is 2. The summed E-state index contributed by atoms with van der Waals surface area (Å²) in [6.07, 6.45) is 2.29. The summed E-state index contributed by atoms with van der Waals surface area (Å²) in [7, 11) is -3.57. The Morgan fingerprint density at radius 2 is 2.14 bits per heavy atom. The van der Waals surface area contributed by atoms with Crippen molar-refractivity contribution in [2.24, 2.45) is 5.73 Å². The third-order valence-corrected chi connectivity index (χ3v) is 3.92. The fourth-order valence-electron chi connectivity index (χ4n) is 1.80. The van der Waals surface area contributed by atoms with Crippen molar-refractivity contribution in [1.82, 2.24) is 9.78 Å². The lowest BCUT2D eigenvalue weighted by Gasteiger charge is -2.09. The molecule has 0 unspecified atom stereocenters. The zero-order valence-corrected chi connectivity index (χ0v) is 12.1. The van der Waals surface area contributed by atoms with Crippen molar-refractivity contribution in [2.75, 3.05) is 11.6 Å². The minimum Gasteiger partial charge on any atom is -0.365 e. The molecule has 1 aromatic carbocycles. The molecule has 2 aromatic rings. The summed E-state index contributed by atoms with van der Waals surface area (Å²) in [5, 5.41) is 5.99. The van der Waals surface area contributed by atoms with Gasteiger partial charge in [-0.05, 0) is 18.2 Å². The van der Waals surface area contributed by atoms with Crippen LogP contribution in [0, 0.1) is 5.82 Å². The van der Waals surface area contributed by atoms with Gasteiger partial charge in [-0.15, -0.1) is 0 Å². The number of halogens is 1. The number of aromatic nitrogens is 2. The molecule has 0 fully saturated rings. The van der Waals surface area contributed by atoms with Crippen LogP contribution < -0.4 is 11.1 Å². The number of rotatable bonds is 5. The summed E-state index contributed by atoms with van der Waals surface area (Å²) in [6.45, 7) is 0. The molecule has 0 radical (unpaired) electrons. The lowest BCUT2D eigenvalue weighted by molar-refractivity contribution is -0.105. The van der Waals surface area contributed by atoms with Crippen LogP contribution in [0.2, 0.25) is 0 Å². The summed E-state index contributed by atoms with van der Waals surface area (Å²) in [5.41, 5.74) is 4.87. The number of carbonyl (C=O) groups excluding carboxylic acids is 2. The normalized spacial score (nSPS) is 11.2. The Morgan fingerprint density at radius 3 is 2.64 bits per heavy atom. The van der Waals surface area contributed by atoms with Crippen LogP contribution in [-0.4, -0.2) is 36.8 Å². The number of amides is 2. The zero-order chi connectivity index (χ0) is 16.5. The van der Waals surface area contributed by atoms with Gasteiger partial charge < -0.3 is 11.1 Å². The minimum atomic E-state index is -3.57. The maximum Gasteiger partial charge on any atom is 0.254 e. The topological polar surface area (TPSA) is 124 Å². The van der Waals surface area contributed by atoms with E-state index in [1.165, 1.54) is 12.1 Å². The third kappa shape index (κ3) is 2.81. The largest absolute Gasteiger partial charge is 0.365 e. The third-order valence-electron chi connectivity index (χ3n) is 2.81. The molecule has 8 nitrogen and oxygen atoms in total. The fourth-order valence-corrected chi connectivity index (χ4v) is 2.43. The van der Waals surface area contributed by atoms with Crippen molar-refractivity contribution in [3.05, 3.63) is 35.8 Å². The smallest absolute Gasteiger partial charge is 0.254 e. The van der Waals surface area contributed by atoms with Gasteiger partial charge in [0.2, 0.25) is 6.41 Å². The van der Waals surface area contributed by atoms with E-state index in [-0.39, 0.29) is 28.4 Å². The molecule has 0 aliphatic rings. The van der Waals surface area contributed by atoms with Crippen LogP contribution in [0.4, 0.5) is 10.2 Å². The number of nitrogens with zero attached hydrogens (tertiary/aromatic N) is 2. The first kappa shape index (κ1) is 15.6. The molecule has 2 rings (SSSR count). The highest BCUT2D eigenvalue weighted by Gasteiger charge is 2.19. The molecule has 116 valence electrons. The Morgan fingerprint density at radius 1 is 1.45 bits per heavy atom. The standard InChI is InChI=1S/C12H11FN4O4S/c1-22(20,21)7-2-3-10(9(13)4-7)17-12(15-6-18)8(5-16-17)11(14)19/h2-6H,1H3,(H2,14,19)(H,15,18). The second-order valence-electron chi connectivity index (χ2n) is 4.33. The maximum atomic E-state index is 14.1. The van der Waals surface area contributed by atoms with Crippen LogP contribution in [0.3, 0.4) is 0 Å². The van der Waals surface area contributed by atoms with Crippen LogP contribution >= 0.6 is 0 Å². The quantitative estimate of drug-likeness (QED) is 0.753. The molecule has 0 atom stereocenters. The molecular formula is C12H11FN4O4S. The van der Waals surface area contributed by atoms with Crippen LogP contribution in [0.5, 0.6) is 0 Å². The molecule has 0 saturated carbocycles. The average molecular weight is 326 g/mol. The zero-order valence-electron chi connectivity index (χ0n) is 11.3. The van der Waals surface area contributed by atoms with E-state index in [2.05, 4.69) is 10.4 Å². The Bertz CT molecular complexity index is 860. The Hall–Kier alpha value is -2.75. The second kappa shape index (κ2) is 5.56. The van der Waals surface area contributed by atoms with Gasteiger partial charge in [0.15, 0.2) is 9.84 Å². The van der Waals surface area contributed by atoms with Crippen molar-refractivity contribution in [3.8, 4) is 5.69 Å². The molecule has 22 heavy (non-hydrogen) atoms. The minimum absolute atomic E-state index is 0.112. The van der Waals surface area contributed by atoms with E-state index < -0.39 is 21.6 Å². The van der Waals surface area contributed by atoms with E-state index in [0.717, 1.165) is 23.2 Å². The van der Waals surface area contributed by atoms with Crippen LogP contribution in [0.1, 0.15) is 10.4 Å². The lowest BCUT2D eigenvalue weighted by Crippen LogP contribution is -2.14. The van der Waals surface area contributed by atoms with E-state index >= 15 is 0 Å².